The molecule has 2 aromatic rings. The summed E-state index contributed by atoms with van der Waals surface area (Å²) in [6.07, 6.45) is 5.54. The van der Waals surface area contributed by atoms with Crippen LogP contribution < -0.4 is 14.2 Å². The van der Waals surface area contributed by atoms with Gasteiger partial charge in [0.15, 0.2) is 23.1 Å². The number of likely N-dealkylation sites (N-methyl/N-ethyl adjacent to an activating group) is 1. The van der Waals surface area contributed by atoms with Crippen molar-refractivity contribution < 1.29 is 33.3 Å². The number of hydrogen-bond acceptors (Lipinski definition) is 6. The number of rotatable bonds is 11. The molecule has 38 heavy (non-hydrogen) atoms. The average Bonchev–Trinajstić information content (AvgIpc) is 3.53. The number of fused-ring (bicyclic) bond motifs is 1. The lowest BCUT2D eigenvalue weighted by Gasteiger charge is -2.24. The van der Waals surface area contributed by atoms with E-state index in [-0.39, 0.29) is 18.5 Å². The molecular weight excluding hydrogens is 491 g/mol. The third-order valence-electron chi connectivity index (χ3n) is 7.11. The van der Waals surface area contributed by atoms with E-state index in [1.54, 1.807) is 12.1 Å². The number of benzene rings is 2. The van der Waals surface area contributed by atoms with E-state index >= 15 is 0 Å². The number of halogens is 1. The number of amides is 1. The van der Waals surface area contributed by atoms with Crippen molar-refractivity contribution in [1.82, 2.24) is 9.80 Å². The Morgan fingerprint density at radius 3 is 2.34 bits per heavy atom. The van der Waals surface area contributed by atoms with Gasteiger partial charge >= 0.3 is 5.97 Å². The highest BCUT2D eigenvalue weighted by Crippen LogP contribution is 2.47. The van der Waals surface area contributed by atoms with E-state index in [0.29, 0.717) is 23.6 Å². The van der Waals surface area contributed by atoms with Crippen LogP contribution in [-0.4, -0.2) is 67.9 Å². The molecule has 2 aliphatic rings. The van der Waals surface area contributed by atoms with Crippen LogP contribution in [0.1, 0.15) is 62.6 Å². The summed E-state index contributed by atoms with van der Waals surface area (Å²) in [7, 11) is 3.26. The number of aliphatic carboxylic acids is 1. The summed E-state index contributed by atoms with van der Waals surface area (Å²) < 4.78 is 29.9. The minimum Gasteiger partial charge on any atom is -0.494 e. The number of ether oxygens (including phenoxy) is 3. The van der Waals surface area contributed by atoms with Crippen molar-refractivity contribution in [3.63, 3.8) is 0 Å². The van der Waals surface area contributed by atoms with E-state index in [9.17, 15) is 19.1 Å². The first-order valence-corrected chi connectivity index (χ1v) is 13.2. The first-order valence-electron chi connectivity index (χ1n) is 13.2. The summed E-state index contributed by atoms with van der Waals surface area (Å²) in [4.78, 5) is 26.4. The molecule has 1 N–H and O–H groups in total. The smallest absolute Gasteiger partial charge is 0.309 e. The fraction of sp³-hybridized carbons (Fsp3) is 0.517. The summed E-state index contributed by atoms with van der Waals surface area (Å²) in [5, 5.41) is 9.96. The normalized spacial score (nSPS) is 20.0. The van der Waals surface area contributed by atoms with Crippen LogP contribution in [0.5, 0.6) is 17.2 Å². The van der Waals surface area contributed by atoms with Gasteiger partial charge in [-0.3, -0.25) is 14.5 Å². The number of carbonyl (C=O) groups excluding carboxylic acids is 1. The second-order valence-corrected chi connectivity index (χ2v) is 9.71. The van der Waals surface area contributed by atoms with Gasteiger partial charge in [0.25, 0.3) is 0 Å². The zero-order chi connectivity index (χ0) is 27.7. The molecule has 0 saturated carbocycles. The van der Waals surface area contributed by atoms with E-state index in [1.807, 2.05) is 29.0 Å². The summed E-state index contributed by atoms with van der Waals surface area (Å²) in [5.74, 6) is -0.967. The number of likely N-dealkylation sites (tertiary alicyclic amines) is 1. The maximum atomic E-state index is 14.2. The summed E-state index contributed by atoms with van der Waals surface area (Å²) in [5.41, 5.74) is 1.49. The van der Waals surface area contributed by atoms with Gasteiger partial charge in [-0.25, -0.2) is 4.39 Å². The Bertz CT molecular complexity index is 1070. The number of carboxylic acids is 1. The van der Waals surface area contributed by atoms with Crippen LogP contribution in [0.2, 0.25) is 0 Å². The Labute approximate surface area is 224 Å². The molecule has 3 unspecified atom stereocenters. The van der Waals surface area contributed by atoms with Crippen LogP contribution in [-0.2, 0) is 9.59 Å². The minimum atomic E-state index is -0.914. The van der Waals surface area contributed by atoms with Crippen molar-refractivity contribution >= 4 is 12.4 Å². The third-order valence-corrected chi connectivity index (χ3v) is 7.11. The minimum absolute atomic E-state index is 0.138. The molecule has 8 nitrogen and oxygen atoms in total. The zero-order valence-corrected chi connectivity index (χ0v) is 22.7. The van der Waals surface area contributed by atoms with Crippen LogP contribution in [0.4, 0.5) is 4.39 Å². The van der Waals surface area contributed by atoms with Crippen molar-refractivity contribution in [3.8, 4) is 17.2 Å². The lowest BCUT2D eigenvalue weighted by atomic mass is 9.82. The molecule has 9 heteroatoms. The van der Waals surface area contributed by atoms with E-state index < -0.39 is 23.7 Å². The number of unbranched alkanes of at least 4 members (excludes halogenated alkanes) is 2. The highest BCUT2D eigenvalue weighted by molar-refractivity contribution is 5.74. The predicted molar refractivity (Wildman–Crippen MR) is 142 cm³/mol. The molecule has 3 atom stereocenters. The Morgan fingerprint density at radius 1 is 1.11 bits per heavy atom. The second-order valence-electron chi connectivity index (χ2n) is 9.71. The van der Waals surface area contributed by atoms with Crippen molar-refractivity contribution in [2.75, 3.05) is 40.6 Å². The standard InChI is InChI=1S/C20H20FNO5.C9H19NO/c1-22-9-13(11-3-6-16-17(8-11)27-10-26-16)18(20(23)24)19(22)12-4-5-15(25-2)14(21)7-12;1-3-5-7-10(9-11)8-6-4-2/h3-8,13,18-19H,9-10H2,1-2H3,(H,23,24);9H,3-8H2,1-2H3. The topological polar surface area (TPSA) is 88.5 Å². The van der Waals surface area contributed by atoms with Crippen molar-refractivity contribution in [2.45, 2.75) is 51.5 Å². The second kappa shape index (κ2) is 14.0. The van der Waals surface area contributed by atoms with Gasteiger partial charge in [0.05, 0.1) is 13.0 Å². The van der Waals surface area contributed by atoms with Crippen molar-refractivity contribution in [3.05, 3.63) is 53.3 Å². The quantitative estimate of drug-likeness (QED) is 0.406. The maximum Gasteiger partial charge on any atom is 0.309 e. The molecule has 1 amide bonds. The molecule has 0 aromatic heterocycles. The molecule has 2 aromatic carbocycles. The molecule has 0 radical (unpaired) electrons. The summed E-state index contributed by atoms with van der Waals surface area (Å²) in [6, 6.07) is 9.69. The predicted octanol–water partition coefficient (Wildman–Crippen LogP) is 5.08. The van der Waals surface area contributed by atoms with E-state index in [1.165, 1.54) is 19.2 Å². The highest BCUT2D eigenvalue weighted by Gasteiger charge is 2.46. The number of carboxylic acid groups (broad SMARTS) is 1. The molecular formula is C29H39FN2O6. The molecule has 4 rings (SSSR count). The first-order chi connectivity index (χ1) is 18.3. The zero-order valence-electron chi connectivity index (χ0n) is 22.7. The molecule has 1 fully saturated rings. The molecule has 0 bridgehead atoms. The van der Waals surface area contributed by atoms with Gasteiger partial charge in [-0.15, -0.1) is 0 Å². The lowest BCUT2D eigenvalue weighted by Crippen LogP contribution is -2.26. The molecule has 208 valence electrons. The van der Waals surface area contributed by atoms with Crippen LogP contribution >= 0.6 is 0 Å². The monoisotopic (exact) mass is 530 g/mol. The number of nitrogens with zero attached hydrogens (tertiary/aromatic N) is 2. The van der Waals surface area contributed by atoms with Crippen molar-refractivity contribution in [1.29, 1.82) is 0 Å². The van der Waals surface area contributed by atoms with Gasteiger partial charge in [0.1, 0.15) is 0 Å². The van der Waals surface area contributed by atoms with Gasteiger partial charge in [0, 0.05) is 31.6 Å². The number of hydrogen-bond donors (Lipinski definition) is 1. The molecule has 0 aliphatic carbocycles. The van der Waals surface area contributed by atoms with Crippen LogP contribution in [0.3, 0.4) is 0 Å². The van der Waals surface area contributed by atoms with Crippen LogP contribution in [0.15, 0.2) is 36.4 Å². The van der Waals surface area contributed by atoms with Crippen LogP contribution in [0, 0.1) is 11.7 Å². The molecule has 2 heterocycles. The average molecular weight is 531 g/mol. The molecule has 2 aliphatic heterocycles. The summed E-state index contributed by atoms with van der Waals surface area (Å²) in [6.45, 7) is 6.85. The van der Waals surface area contributed by atoms with E-state index in [0.717, 1.165) is 50.7 Å². The SMILES string of the molecule is CCCCN(C=O)CCCC.COc1ccc(C2C(C(=O)O)C(c3ccc4c(c3)OCO4)CN2C)cc1F. The number of methoxy groups -OCH3 is 1. The Kier molecular flexibility index (Phi) is 10.8. The highest BCUT2D eigenvalue weighted by atomic mass is 19.1. The van der Waals surface area contributed by atoms with Gasteiger partial charge in [-0.2, -0.15) is 0 Å². The molecule has 0 spiro atoms. The molecule has 1 saturated heterocycles. The fourth-order valence-corrected chi connectivity index (χ4v) is 5.06. The van der Waals surface area contributed by atoms with E-state index in [2.05, 4.69) is 13.8 Å². The number of carbonyl (C=O) groups is 2. The van der Waals surface area contributed by atoms with Crippen LogP contribution in [0.25, 0.3) is 0 Å². The lowest BCUT2D eigenvalue weighted by molar-refractivity contribution is -0.143. The maximum absolute atomic E-state index is 14.2. The van der Waals surface area contributed by atoms with Crippen molar-refractivity contribution in [2.24, 2.45) is 5.92 Å². The first kappa shape index (κ1) is 29.2. The van der Waals surface area contributed by atoms with Gasteiger partial charge in [0.2, 0.25) is 13.2 Å². The largest absolute Gasteiger partial charge is 0.494 e. The third kappa shape index (κ3) is 6.95. The Morgan fingerprint density at radius 2 is 1.76 bits per heavy atom. The fourth-order valence-electron chi connectivity index (χ4n) is 5.06. The van der Waals surface area contributed by atoms with E-state index in [4.69, 9.17) is 14.2 Å². The Hall–Kier alpha value is -3.33. The van der Waals surface area contributed by atoms with Gasteiger partial charge in [-0.1, -0.05) is 38.8 Å². The Balaban J connectivity index is 0.000000310. The van der Waals surface area contributed by atoms with Gasteiger partial charge in [-0.05, 0) is 55.3 Å². The van der Waals surface area contributed by atoms with Gasteiger partial charge < -0.3 is 24.2 Å². The summed E-state index contributed by atoms with van der Waals surface area (Å²) >= 11 is 0.